The van der Waals surface area contributed by atoms with Gasteiger partial charge in [-0.2, -0.15) is 0 Å². The zero-order valence-electron chi connectivity index (χ0n) is 20.9. The molecule has 0 unspecified atom stereocenters. The van der Waals surface area contributed by atoms with E-state index in [1.807, 2.05) is 0 Å². The summed E-state index contributed by atoms with van der Waals surface area (Å²) in [7, 11) is 0. The fourth-order valence-electron chi connectivity index (χ4n) is 4.05. The maximum absolute atomic E-state index is 12.5. The summed E-state index contributed by atoms with van der Waals surface area (Å²) in [5, 5.41) is 17.9. The van der Waals surface area contributed by atoms with E-state index in [1.54, 1.807) is 0 Å². The van der Waals surface area contributed by atoms with Crippen LogP contribution < -0.4 is 10.2 Å². The fourth-order valence-corrected chi connectivity index (χ4v) is 4.05. The molecule has 0 bridgehead atoms. The first-order valence-electron chi connectivity index (χ1n) is 12.1. The molecule has 1 aliphatic heterocycles. The number of anilines is 1. The second-order valence-electron chi connectivity index (χ2n) is 8.70. The van der Waals surface area contributed by atoms with Crippen molar-refractivity contribution in [3.63, 3.8) is 0 Å². The van der Waals surface area contributed by atoms with Crippen molar-refractivity contribution < 1.29 is 24.6 Å². The standard InChI is InChI=1S/C25H35N3O.C2H2O4/c1-4-28(5-2)24-12-10-22(11-13-24)19-27-16-14-23(15-17-27)25(29)26-18-21-8-6-20(3)7-9-21;3-1(4)2(5)6/h6-13,23H,4-5,14-19H2,1-3H3,(H,26,29);(H,3,4)(H,5,6). The average Bonchev–Trinajstić information content (AvgIpc) is 2.86. The Bertz CT molecular complexity index is 936. The van der Waals surface area contributed by atoms with Crippen LogP contribution in [0.15, 0.2) is 48.5 Å². The highest BCUT2D eigenvalue weighted by Crippen LogP contribution is 2.21. The molecule has 1 heterocycles. The lowest BCUT2D eigenvalue weighted by Crippen LogP contribution is -2.40. The van der Waals surface area contributed by atoms with Gasteiger partial charge in [-0.25, -0.2) is 9.59 Å². The van der Waals surface area contributed by atoms with Crippen LogP contribution in [0.3, 0.4) is 0 Å². The molecular formula is C27H37N3O5. The van der Waals surface area contributed by atoms with Gasteiger partial charge in [-0.1, -0.05) is 42.0 Å². The highest BCUT2D eigenvalue weighted by atomic mass is 16.4. The molecule has 3 rings (SSSR count). The minimum Gasteiger partial charge on any atom is -0.473 e. The quantitative estimate of drug-likeness (QED) is 0.493. The topological polar surface area (TPSA) is 110 Å². The van der Waals surface area contributed by atoms with Crippen LogP contribution in [0.25, 0.3) is 0 Å². The molecule has 0 spiro atoms. The molecule has 0 saturated carbocycles. The van der Waals surface area contributed by atoms with E-state index in [4.69, 9.17) is 19.8 Å². The van der Waals surface area contributed by atoms with Gasteiger partial charge in [0, 0.05) is 37.8 Å². The average molecular weight is 484 g/mol. The molecule has 1 fully saturated rings. The highest BCUT2D eigenvalue weighted by Gasteiger charge is 2.24. The van der Waals surface area contributed by atoms with Gasteiger partial charge >= 0.3 is 11.9 Å². The van der Waals surface area contributed by atoms with E-state index in [0.29, 0.717) is 6.54 Å². The molecule has 1 saturated heterocycles. The normalized spacial score (nSPS) is 13.9. The zero-order valence-corrected chi connectivity index (χ0v) is 20.9. The number of aliphatic carboxylic acids is 2. The maximum atomic E-state index is 12.5. The third kappa shape index (κ3) is 9.41. The largest absolute Gasteiger partial charge is 0.473 e. The summed E-state index contributed by atoms with van der Waals surface area (Å²) in [5.74, 6) is -3.31. The number of carbonyl (C=O) groups excluding carboxylic acids is 1. The van der Waals surface area contributed by atoms with Gasteiger partial charge < -0.3 is 20.4 Å². The van der Waals surface area contributed by atoms with Crippen molar-refractivity contribution in [1.29, 1.82) is 0 Å². The van der Waals surface area contributed by atoms with Crippen molar-refractivity contribution in [2.75, 3.05) is 31.1 Å². The lowest BCUT2D eigenvalue weighted by atomic mass is 9.95. The smallest absolute Gasteiger partial charge is 0.414 e. The molecule has 1 aliphatic rings. The van der Waals surface area contributed by atoms with E-state index < -0.39 is 11.9 Å². The molecule has 0 aromatic heterocycles. The van der Waals surface area contributed by atoms with Gasteiger partial charge in [0.1, 0.15) is 0 Å². The van der Waals surface area contributed by atoms with Crippen molar-refractivity contribution in [1.82, 2.24) is 10.2 Å². The van der Waals surface area contributed by atoms with Crippen LogP contribution in [0.4, 0.5) is 5.69 Å². The number of aryl methyl sites for hydroxylation is 1. The molecule has 0 aliphatic carbocycles. The Morgan fingerprint density at radius 3 is 1.89 bits per heavy atom. The van der Waals surface area contributed by atoms with Gasteiger partial charge in [0.15, 0.2) is 0 Å². The molecule has 35 heavy (non-hydrogen) atoms. The number of carboxylic acids is 2. The summed E-state index contributed by atoms with van der Waals surface area (Å²) < 4.78 is 0. The van der Waals surface area contributed by atoms with Crippen molar-refractivity contribution in [3.05, 3.63) is 65.2 Å². The molecular weight excluding hydrogens is 446 g/mol. The number of benzene rings is 2. The van der Waals surface area contributed by atoms with Gasteiger partial charge in [-0.3, -0.25) is 9.69 Å². The molecule has 2 aromatic carbocycles. The third-order valence-electron chi connectivity index (χ3n) is 6.20. The first-order chi connectivity index (χ1) is 16.7. The lowest BCUT2D eigenvalue weighted by Gasteiger charge is -2.31. The monoisotopic (exact) mass is 483 g/mol. The third-order valence-corrected chi connectivity index (χ3v) is 6.20. The van der Waals surface area contributed by atoms with Crippen LogP contribution in [0.1, 0.15) is 43.4 Å². The summed E-state index contributed by atoms with van der Waals surface area (Å²) in [4.78, 5) is 35.6. The Hall–Kier alpha value is -3.39. The van der Waals surface area contributed by atoms with Crippen molar-refractivity contribution in [2.24, 2.45) is 5.92 Å². The molecule has 8 nitrogen and oxygen atoms in total. The van der Waals surface area contributed by atoms with E-state index in [2.05, 4.69) is 84.4 Å². The second kappa shape index (κ2) is 14.1. The molecule has 1 amide bonds. The Labute approximate surface area is 207 Å². The number of piperidine rings is 1. The Morgan fingerprint density at radius 2 is 1.40 bits per heavy atom. The summed E-state index contributed by atoms with van der Waals surface area (Å²) in [6, 6.07) is 17.3. The summed E-state index contributed by atoms with van der Waals surface area (Å²) in [6.07, 6.45) is 1.88. The van der Waals surface area contributed by atoms with E-state index in [-0.39, 0.29) is 11.8 Å². The zero-order chi connectivity index (χ0) is 25.8. The molecule has 0 radical (unpaired) electrons. The molecule has 0 atom stereocenters. The van der Waals surface area contributed by atoms with E-state index in [1.165, 1.54) is 16.8 Å². The number of likely N-dealkylation sites (tertiary alicyclic amines) is 1. The summed E-state index contributed by atoms with van der Waals surface area (Å²) in [5.41, 5.74) is 5.05. The van der Waals surface area contributed by atoms with Gasteiger partial charge in [0.2, 0.25) is 5.91 Å². The van der Waals surface area contributed by atoms with Crippen LogP contribution >= 0.6 is 0 Å². The predicted molar refractivity (Wildman–Crippen MR) is 136 cm³/mol. The van der Waals surface area contributed by atoms with Gasteiger partial charge in [0.05, 0.1) is 0 Å². The van der Waals surface area contributed by atoms with Crippen LogP contribution in [-0.2, 0) is 27.5 Å². The number of rotatable bonds is 8. The number of carboxylic acid groups (broad SMARTS) is 2. The minimum absolute atomic E-state index is 0.141. The number of hydrogen-bond acceptors (Lipinski definition) is 5. The first-order valence-corrected chi connectivity index (χ1v) is 12.1. The van der Waals surface area contributed by atoms with Crippen molar-refractivity contribution >= 4 is 23.5 Å². The maximum Gasteiger partial charge on any atom is 0.414 e. The minimum atomic E-state index is -1.82. The second-order valence-corrected chi connectivity index (χ2v) is 8.70. The fraction of sp³-hybridized carbons (Fsp3) is 0.444. The van der Waals surface area contributed by atoms with Gasteiger partial charge in [-0.05, 0) is 70.0 Å². The van der Waals surface area contributed by atoms with Crippen LogP contribution in [-0.4, -0.2) is 59.1 Å². The predicted octanol–water partition coefficient (Wildman–Crippen LogP) is 3.53. The van der Waals surface area contributed by atoms with Gasteiger partial charge in [0.25, 0.3) is 0 Å². The van der Waals surface area contributed by atoms with Crippen molar-refractivity contribution in [3.8, 4) is 0 Å². The SMILES string of the molecule is CCN(CC)c1ccc(CN2CCC(C(=O)NCc3ccc(C)cc3)CC2)cc1.O=C(O)C(=O)O. The first kappa shape index (κ1) is 27.9. The summed E-state index contributed by atoms with van der Waals surface area (Å²) in [6.45, 7) is 12.1. The van der Waals surface area contributed by atoms with Crippen LogP contribution in [0, 0.1) is 12.8 Å². The molecule has 3 N–H and O–H groups in total. The van der Waals surface area contributed by atoms with Gasteiger partial charge in [-0.15, -0.1) is 0 Å². The number of nitrogens with one attached hydrogen (secondary N) is 1. The Kier molecular flexibility index (Phi) is 11.2. The van der Waals surface area contributed by atoms with E-state index in [9.17, 15) is 4.79 Å². The molecule has 8 heteroatoms. The lowest BCUT2D eigenvalue weighted by molar-refractivity contribution is -0.159. The Balaban J connectivity index is 0.000000641. The van der Waals surface area contributed by atoms with E-state index >= 15 is 0 Å². The van der Waals surface area contributed by atoms with Crippen LogP contribution in [0.2, 0.25) is 0 Å². The number of carbonyl (C=O) groups is 3. The van der Waals surface area contributed by atoms with Crippen LogP contribution in [0.5, 0.6) is 0 Å². The molecule has 190 valence electrons. The number of nitrogens with zero attached hydrogens (tertiary/aromatic N) is 2. The van der Waals surface area contributed by atoms with E-state index in [0.717, 1.165) is 51.1 Å². The number of amides is 1. The number of hydrogen-bond donors (Lipinski definition) is 3. The van der Waals surface area contributed by atoms with Crippen molar-refractivity contribution in [2.45, 2.75) is 46.7 Å². The highest BCUT2D eigenvalue weighted by molar-refractivity contribution is 6.27. The molecule has 2 aromatic rings. The summed E-state index contributed by atoms with van der Waals surface area (Å²) >= 11 is 0. The Morgan fingerprint density at radius 1 is 0.886 bits per heavy atom.